The number of rotatable bonds is 8. The minimum atomic E-state index is -4.37. The molecule has 1 unspecified atom stereocenters. The van der Waals surface area contributed by atoms with E-state index < -0.39 is 17.8 Å². The van der Waals surface area contributed by atoms with Crippen LogP contribution in [0.3, 0.4) is 0 Å². The van der Waals surface area contributed by atoms with Crippen LogP contribution in [0.5, 0.6) is 0 Å². The number of hydrogen-bond donors (Lipinski definition) is 2. The third-order valence-corrected chi connectivity index (χ3v) is 4.95. The Morgan fingerprint density at radius 3 is 2.00 bits per heavy atom. The van der Waals surface area contributed by atoms with Crippen LogP contribution in [0, 0.1) is 0 Å². The monoisotopic (exact) mass is 440 g/mol. The molecule has 3 aromatic rings. The van der Waals surface area contributed by atoms with Crippen LogP contribution in [0.25, 0.3) is 0 Å². The van der Waals surface area contributed by atoms with Crippen molar-refractivity contribution in [2.24, 2.45) is 0 Å². The van der Waals surface area contributed by atoms with E-state index in [4.69, 9.17) is 0 Å². The number of hydrogen-bond acceptors (Lipinski definition) is 2. The molecular formula is C25H23F3N2O2. The molecule has 2 N–H and O–H groups in total. The molecule has 0 bridgehead atoms. The van der Waals surface area contributed by atoms with Gasteiger partial charge in [-0.3, -0.25) is 9.59 Å². The Morgan fingerprint density at radius 2 is 1.41 bits per heavy atom. The van der Waals surface area contributed by atoms with Gasteiger partial charge in [0.15, 0.2) is 0 Å². The second-order valence-electron chi connectivity index (χ2n) is 7.30. The molecule has 166 valence electrons. The highest BCUT2D eigenvalue weighted by atomic mass is 19.4. The summed E-state index contributed by atoms with van der Waals surface area (Å²) in [4.78, 5) is 25.1. The molecule has 0 aliphatic rings. The van der Waals surface area contributed by atoms with Gasteiger partial charge in [-0.25, -0.2) is 0 Å². The summed E-state index contributed by atoms with van der Waals surface area (Å²) >= 11 is 0. The first-order chi connectivity index (χ1) is 15.3. The summed E-state index contributed by atoms with van der Waals surface area (Å²) in [6, 6.07) is 22.3. The van der Waals surface area contributed by atoms with Crippen molar-refractivity contribution in [3.05, 3.63) is 107 Å². The molecule has 0 saturated heterocycles. The van der Waals surface area contributed by atoms with Crippen molar-refractivity contribution in [1.82, 2.24) is 10.6 Å². The van der Waals surface area contributed by atoms with Gasteiger partial charge in [-0.05, 0) is 41.8 Å². The normalized spacial score (nSPS) is 12.1. The van der Waals surface area contributed by atoms with Crippen molar-refractivity contribution >= 4 is 11.8 Å². The molecule has 0 fully saturated rings. The first-order valence-electron chi connectivity index (χ1n) is 10.2. The molecule has 0 aliphatic carbocycles. The average Bonchev–Trinajstić information content (AvgIpc) is 2.79. The van der Waals surface area contributed by atoms with E-state index in [1.165, 1.54) is 12.1 Å². The van der Waals surface area contributed by atoms with Gasteiger partial charge in [-0.15, -0.1) is 0 Å². The number of halogens is 3. The van der Waals surface area contributed by atoms with Gasteiger partial charge in [0.25, 0.3) is 5.91 Å². The van der Waals surface area contributed by atoms with E-state index in [2.05, 4.69) is 10.6 Å². The van der Waals surface area contributed by atoms with E-state index in [0.29, 0.717) is 17.5 Å². The molecule has 7 heteroatoms. The molecule has 3 aromatic carbocycles. The Kier molecular flexibility index (Phi) is 7.65. The summed E-state index contributed by atoms with van der Waals surface area (Å²) in [5.74, 6) is -0.545. The summed E-state index contributed by atoms with van der Waals surface area (Å²) in [5.41, 5.74) is 1.28. The van der Waals surface area contributed by atoms with Gasteiger partial charge >= 0.3 is 6.18 Å². The number of carbonyl (C=O) groups excluding carboxylic acids is 2. The maximum absolute atomic E-state index is 12.7. The van der Waals surface area contributed by atoms with Gasteiger partial charge < -0.3 is 10.6 Å². The van der Waals surface area contributed by atoms with E-state index >= 15 is 0 Å². The fraction of sp³-hybridized carbons (Fsp3) is 0.200. The molecule has 2 amide bonds. The predicted octanol–water partition coefficient (Wildman–Crippen LogP) is 4.93. The SMILES string of the molecule is O=C(CC(NC(=O)c1ccccc1)c1ccccc1)NCCc1ccc(C(F)(F)F)cc1. The molecule has 4 nitrogen and oxygen atoms in total. The molecule has 1 atom stereocenters. The van der Waals surface area contributed by atoms with Gasteiger partial charge in [0.2, 0.25) is 5.91 Å². The maximum atomic E-state index is 12.7. The third kappa shape index (κ3) is 6.70. The van der Waals surface area contributed by atoms with E-state index in [-0.39, 0.29) is 24.8 Å². The minimum absolute atomic E-state index is 0.0373. The van der Waals surface area contributed by atoms with Gasteiger partial charge in [0, 0.05) is 12.1 Å². The Labute approximate surface area is 184 Å². The van der Waals surface area contributed by atoms with Gasteiger partial charge in [0.1, 0.15) is 0 Å². The standard InChI is InChI=1S/C25H23F3N2O2/c26-25(27,28)21-13-11-18(12-14-21)15-16-29-23(31)17-22(19-7-3-1-4-8-19)30-24(32)20-9-5-2-6-10-20/h1-14,22H,15-17H2,(H,29,31)(H,30,32). The van der Waals surface area contributed by atoms with Crippen LogP contribution in [0.15, 0.2) is 84.9 Å². The summed E-state index contributed by atoms with van der Waals surface area (Å²) in [6.45, 7) is 0.276. The molecule has 32 heavy (non-hydrogen) atoms. The van der Waals surface area contributed by atoms with Crippen LogP contribution in [-0.4, -0.2) is 18.4 Å². The van der Waals surface area contributed by atoms with Gasteiger partial charge in [0.05, 0.1) is 18.0 Å². The molecular weight excluding hydrogens is 417 g/mol. The Hall–Kier alpha value is -3.61. The van der Waals surface area contributed by atoms with E-state index in [9.17, 15) is 22.8 Å². The number of benzene rings is 3. The third-order valence-electron chi connectivity index (χ3n) is 4.95. The quantitative estimate of drug-likeness (QED) is 0.522. The van der Waals surface area contributed by atoms with E-state index in [1.807, 2.05) is 36.4 Å². The highest BCUT2D eigenvalue weighted by Gasteiger charge is 2.29. The fourth-order valence-electron chi connectivity index (χ4n) is 3.23. The zero-order valence-corrected chi connectivity index (χ0v) is 17.2. The highest BCUT2D eigenvalue weighted by Crippen LogP contribution is 2.29. The molecule has 0 aliphatic heterocycles. The van der Waals surface area contributed by atoms with Crippen molar-refractivity contribution in [2.75, 3.05) is 6.54 Å². The lowest BCUT2D eigenvalue weighted by atomic mass is 10.0. The Morgan fingerprint density at radius 1 is 0.812 bits per heavy atom. The summed E-state index contributed by atoms with van der Waals surface area (Å²) in [5, 5.41) is 5.68. The first-order valence-corrected chi connectivity index (χ1v) is 10.2. The number of alkyl halides is 3. The zero-order valence-electron chi connectivity index (χ0n) is 17.2. The predicted molar refractivity (Wildman–Crippen MR) is 116 cm³/mol. The van der Waals surface area contributed by atoms with Gasteiger partial charge in [-0.2, -0.15) is 13.2 Å². The topological polar surface area (TPSA) is 58.2 Å². The second kappa shape index (κ2) is 10.6. The van der Waals surface area contributed by atoms with E-state index in [0.717, 1.165) is 17.7 Å². The Balaban J connectivity index is 1.57. The molecule has 0 radical (unpaired) electrons. The minimum Gasteiger partial charge on any atom is -0.356 e. The van der Waals surface area contributed by atoms with Crippen LogP contribution in [0.4, 0.5) is 13.2 Å². The molecule has 0 saturated carbocycles. The number of amides is 2. The van der Waals surface area contributed by atoms with Gasteiger partial charge in [-0.1, -0.05) is 60.7 Å². The highest BCUT2D eigenvalue weighted by molar-refractivity contribution is 5.94. The van der Waals surface area contributed by atoms with Crippen LogP contribution < -0.4 is 10.6 Å². The van der Waals surface area contributed by atoms with Crippen molar-refractivity contribution in [2.45, 2.75) is 25.1 Å². The van der Waals surface area contributed by atoms with Crippen LogP contribution >= 0.6 is 0 Å². The Bertz CT molecular complexity index is 1020. The first kappa shape index (κ1) is 23.1. The van der Waals surface area contributed by atoms with Crippen molar-refractivity contribution in [3.8, 4) is 0 Å². The van der Waals surface area contributed by atoms with Crippen molar-refractivity contribution in [1.29, 1.82) is 0 Å². The zero-order chi connectivity index (χ0) is 23.0. The molecule has 0 spiro atoms. The number of carbonyl (C=O) groups is 2. The van der Waals surface area contributed by atoms with Crippen molar-refractivity contribution in [3.63, 3.8) is 0 Å². The summed E-state index contributed by atoms with van der Waals surface area (Å²) in [7, 11) is 0. The fourth-order valence-corrected chi connectivity index (χ4v) is 3.23. The van der Waals surface area contributed by atoms with E-state index in [1.54, 1.807) is 24.3 Å². The second-order valence-corrected chi connectivity index (χ2v) is 7.30. The lowest BCUT2D eigenvalue weighted by Gasteiger charge is -2.19. The van der Waals surface area contributed by atoms with Crippen molar-refractivity contribution < 1.29 is 22.8 Å². The summed E-state index contributed by atoms with van der Waals surface area (Å²) in [6.07, 6.45) is -3.94. The lowest BCUT2D eigenvalue weighted by molar-refractivity contribution is -0.137. The average molecular weight is 440 g/mol. The molecule has 0 aromatic heterocycles. The van der Waals surface area contributed by atoms with Crippen LogP contribution in [-0.2, 0) is 17.4 Å². The summed E-state index contributed by atoms with van der Waals surface area (Å²) < 4.78 is 38.0. The molecule has 3 rings (SSSR count). The molecule has 0 heterocycles. The largest absolute Gasteiger partial charge is 0.416 e. The smallest absolute Gasteiger partial charge is 0.356 e. The lowest BCUT2D eigenvalue weighted by Crippen LogP contribution is -2.34. The van der Waals surface area contributed by atoms with Crippen LogP contribution in [0.1, 0.15) is 39.5 Å². The van der Waals surface area contributed by atoms with Crippen LogP contribution in [0.2, 0.25) is 0 Å². The maximum Gasteiger partial charge on any atom is 0.416 e. The number of nitrogens with one attached hydrogen (secondary N) is 2.